The minimum atomic E-state index is -3.25. The summed E-state index contributed by atoms with van der Waals surface area (Å²) in [6, 6.07) is 16.7. The van der Waals surface area contributed by atoms with Crippen molar-refractivity contribution >= 4 is 15.9 Å². The van der Waals surface area contributed by atoms with Crippen molar-refractivity contribution in [3.8, 4) is 5.75 Å². The first-order valence-corrected chi connectivity index (χ1v) is 13.5. The lowest BCUT2D eigenvalue weighted by Crippen LogP contribution is -2.34. The first-order chi connectivity index (χ1) is 15.7. The number of hydrogen-bond acceptors (Lipinski definition) is 5. The number of nitrogens with one attached hydrogen (secondary N) is 3. The second-order valence-electron chi connectivity index (χ2n) is 8.65. The summed E-state index contributed by atoms with van der Waals surface area (Å²) >= 11 is 0. The predicted octanol–water partition coefficient (Wildman–Crippen LogP) is 3.35. The maximum absolute atomic E-state index is 12.3. The van der Waals surface area contributed by atoms with Crippen molar-refractivity contribution < 1.29 is 17.9 Å². The third kappa shape index (κ3) is 7.84. The van der Waals surface area contributed by atoms with Crippen molar-refractivity contribution in [3.63, 3.8) is 0 Å². The van der Waals surface area contributed by atoms with Gasteiger partial charge in [-0.15, -0.1) is 0 Å². The smallest absolute Gasteiger partial charge is 0.251 e. The highest BCUT2D eigenvalue weighted by Crippen LogP contribution is 2.35. The Kier molecular flexibility index (Phi) is 8.88. The first-order valence-electron chi connectivity index (χ1n) is 11.6. The van der Waals surface area contributed by atoms with E-state index in [0.29, 0.717) is 24.1 Å². The highest BCUT2D eigenvalue weighted by Gasteiger charge is 2.27. The monoisotopic (exact) mass is 473 g/mol. The number of benzene rings is 2. The van der Waals surface area contributed by atoms with Crippen LogP contribution in [0.5, 0.6) is 5.75 Å². The van der Waals surface area contributed by atoms with Gasteiger partial charge in [-0.3, -0.25) is 4.79 Å². The summed E-state index contributed by atoms with van der Waals surface area (Å²) in [5, 5.41) is 6.50. The van der Waals surface area contributed by atoms with E-state index in [9.17, 15) is 13.2 Å². The number of hydrogen-bond donors (Lipinski definition) is 3. The van der Waals surface area contributed by atoms with Gasteiger partial charge in [-0.2, -0.15) is 0 Å². The highest BCUT2D eigenvalue weighted by molar-refractivity contribution is 7.88. The van der Waals surface area contributed by atoms with Gasteiger partial charge in [0, 0.05) is 30.7 Å². The van der Waals surface area contributed by atoms with Crippen molar-refractivity contribution in [2.75, 3.05) is 26.0 Å². The van der Waals surface area contributed by atoms with Crippen molar-refractivity contribution in [1.29, 1.82) is 0 Å². The number of carbonyl (C=O) groups is 1. The quantitative estimate of drug-likeness (QED) is 0.435. The summed E-state index contributed by atoms with van der Waals surface area (Å²) in [4.78, 5) is 12.3. The molecule has 8 heteroatoms. The number of sulfonamides is 1. The molecule has 0 aliphatic heterocycles. The van der Waals surface area contributed by atoms with E-state index in [1.165, 1.54) is 11.1 Å². The molecule has 0 bridgehead atoms. The lowest BCUT2D eigenvalue weighted by atomic mass is 9.96. The molecule has 0 radical (unpaired) electrons. The molecule has 180 valence electrons. The molecular formula is C25H35N3O4S. The van der Waals surface area contributed by atoms with Gasteiger partial charge in [-0.25, -0.2) is 13.1 Å². The molecule has 7 nitrogen and oxygen atoms in total. The Hall–Kier alpha value is -2.42. The van der Waals surface area contributed by atoms with Gasteiger partial charge >= 0.3 is 0 Å². The van der Waals surface area contributed by atoms with Gasteiger partial charge in [0.25, 0.3) is 5.91 Å². The maximum atomic E-state index is 12.3. The van der Waals surface area contributed by atoms with E-state index in [4.69, 9.17) is 4.74 Å². The maximum Gasteiger partial charge on any atom is 0.251 e. The molecule has 1 aliphatic carbocycles. The Morgan fingerprint density at radius 3 is 2.58 bits per heavy atom. The van der Waals surface area contributed by atoms with E-state index >= 15 is 0 Å². The fraction of sp³-hybridized carbons (Fsp3) is 0.480. The molecule has 1 amide bonds. The number of amides is 1. The molecule has 3 atom stereocenters. The molecule has 3 rings (SSSR count). The lowest BCUT2D eigenvalue weighted by Gasteiger charge is -2.21. The van der Waals surface area contributed by atoms with Crippen molar-refractivity contribution in [1.82, 2.24) is 15.4 Å². The topological polar surface area (TPSA) is 96.5 Å². The molecule has 0 spiro atoms. The normalized spacial score (nSPS) is 19.2. The van der Waals surface area contributed by atoms with Gasteiger partial charge in [0.05, 0.1) is 12.9 Å². The summed E-state index contributed by atoms with van der Waals surface area (Å²) in [6.45, 7) is 5.27. The zero-order valence-electron chi connectivity index (χ0n) is 19.6. The van der Waals surface area contributed by atoms with Gasteiger partial charge in [0.1, 0.15) is 5.75 Å². The lowest BCUT2D eigenvalue weighted by molar-refractivity contribution is 0.0954. The SMILES string of the molecule is CCOc1cccc([C@@H](C)NC2CC[C@@H](c3ccc(C(=O)NCCNS(C)(=O)=O)cc3)C2)c1. The van der Waals surface area contributed by atoms with Crippen LogP contribution in [0.15, 0.2) is 48.5 Å². The zero-order valence-corrected chi connectivity index (χ0v) is 20.5. The number of carbonyl (C=O) groups excluding carboxylic acids is 1. The van der Waals surface area contributed by atoms with Crippen LogP contribution in [0, 0.1) is 0 Å². The fourth-order valence-corrected chi connectivity index (χ4v) is 4.82. The largest absolute Gasteiger partial charge is 0.494 e. The van der Waals surface area contributed by atoms with Crippen LogP contribution in [0.3, 0.4) is 0 Å². The molecular weight excluding hydrogens is 438 g/mol. The Morgan fingerprint density at radius 2 is 1.88 bits per heavy atom. The third-order valence-electron chi connectivity index (χ3n) is 6.01. The highest BCUT2D eigenvalue weighted by atomic mass is 32.2. The van der Waals surface area contributed by atoms with Gasteiger partial charge < -0.3 is 15.4 Å². The summed E-state index contributed by atoms with van der Waals surface area (Å²) < 4.78 is 30.1. The van der Waals surface area contributed by atoms with Gasteiger partial charge in [0.2, 0.25) is 10.0 Å². The van der Waals surface area contributed by atoms with Gasteiger partial charge in [-0.05, 0) is 74.4 Å². The minimum Gasteiger partial charge on any atom is -0.494 e. The van der Waals surface area contributed by atoms with Crippen LogP contribution in [0.2, 0.25) is 0 Å². The van der Waals surface area contributed by atoms with Crippen molar-refractivity contribution in [3.05, 3.63) is 65.2 Å². The minimum absolute atomic E-state index is 0.174. The molecule has 1 unspecified atom stereocenters. The summed E-state index contributed by atoms with van der Waals surface area (Å²) in [5.74, 6) is 1.18. The second kappa shape index (κ2) is 11.6. The van der Waals surface area contributed by atoms with Crippen LogP contribution in [-0.4, -0.2) is 46.3 Å². The van der Waals surface area contributed by atoms with Crippen LogP contribution in [0.1, 0.15) is 66.6 Å². The Bertz CT molecular complexity index is 1020. The molecule has 2 aromatic carbocycles. The number of ether oxygens (including phenoxy) is 1. The van der Waals surface area contributed by atoms with Gasteiger partial charge in [-0.1, -0.05) is 24.3 Å². The molecule has 1 saturated carbocycles. The molecule has 0 heterocycles. The summed E-state index contributed by atoms with van der Waals surface area (Å²) in [5.41, 5.74) is 3.06. The van der Waals surface area contributed by atoms with E-state index in [1.807, 2.05) is 43.3 Å². The summed E-state index contributed by atoms with van der Waals surface area (Å²) in [6.07, 6.45) is 4.40. The molecule has 2 aromatic rings. The van der Waals surface area contributed by atoms with Crippen LogP contribution >= 0.6 is 0 Å². The summed E-state index contributed by atoms with van der Waals surface area (Å²) in [7, 11) is -3.25. The average Bonchev–Trinajstić information content (AvgIpc) is 3.25. The van der Waals surface area contributed by atoms with E-state index in [-0.39, 0.29) is 25.0 Å². The van der Waals surface area contributed by atoms with E-state index in [1.54, 1.807) is 0 Å². The first kappa shape index (κ1) is 25.2. The molecule has 0 aromatic heterocycles. The van der Waals surface area contributed by atoms with Crippen LogP contribution < -0.4 is 20.1 Å². The Morgan fingerprint density at radius 1 is 1.12 bits per heavy atom. The van der Waals surface area contributed by atoms with Crippen LogP contribution in [0.4, 0.5) is 0 Å². The van der Waals surface area contributed by atoms with Crippen LogP contribution in [0.25, 0.3) is 0 Å². The molecule has 3 N–H and O–H groups in total. The third-order valence-corrected chi connectivity index (χ3v) is 6.74. The molecule has 1 fully saturated rings. The predicted molar refractivity (Wildman–Crippen MR) is 131 cm³/mol. The second-order valence-corrected chi connectivity index (χ2v) is 10.5. The average molecular weight is 474 g/mol. The van der Waals surface area contributed by atoms with E-state index < -0.39 is 10.0 Å². The molecule has 33 heavy (non-hydrogen) atoms. The molecule has 1 aliphatic rings. The van der Waals surface area contributed by atoms with Crippen molar-refractivity contribution in [2.24, 2.45) is 0 Å². The van der Waals surface area contributed by atoms with Gasteiger partial charge in [0.15, 0.2) is 0 Å². The Balaban J connectivity index is 1.48. The standard InChI is InChI=1S/C25H35N3O4S/c1-4-32-24-7-5-6-21(17-24)18(2)28-23-13-12-22(16-23)19-8-10-20(11-9-19)25(29)26-14-15-27-33(3,30)31/h5-11,17-18,22-23,27-28H,4,12-16H2,1-3H3,(H,26,29)/t18-,22-,23?/m1/s1. The van der Waals surface area contributed by atoms with E-state index in [0.717, 1.165) is 31.3 Å². The zero-order chi connectivity index (χ0) is 23.8. The Labute approximate surface area is 197 Å². The van der Waals surface area contributed by atoms with Crippen molar-refractivity contribution in [2.45, 2.75) is 51.1 Å². The fourth-order valence-electron chi connectivity index (χ4n) is 4.35. The van der Waals surface area contributed by atoms with Crippen LogP contribution in [-0.2, 0) is 10.0 Å². The number of rotatable bonds is 11. The molecule has 0 saturated heterocycles. The van der Waals surface area contributed by atoms with E-state index in [2.05, 4.69) is 34.4 Å².